The van der Waals surface area contributed by atoms with E-state index in [2.05, 4.69) is 0 Å². The second-order valence-electron chi connectivity index (χ2n) is 2.67. The third-order valence-corrected chi connectivity index (χ3v) is 1.73. The van der Waals surface area contributed by atoms with E-state index in [1.807, 2.05) is 6.07 Å². The summed E-state index contributed by atoms with van der Waals surface area (Å²) in [5.41, 5.74) is 1.28. The van der Waals surface area contributed by atoms with E-state index >= 15 is 0 Å². The summed E-state index contributed by atoms with van der Waals surface area (Å²) < 4.78 is 12.8. The SMILES string of the molecule is N#CCc1ccc(F)cc1C=CC=O. The third-order valence-electron chi connectivity index (χ3n) is 1.73. The summed E-state index contributed by atoms with van der Waals surface area (Å²) in [4.78, 5) is 10.1. The molecule has 0 aliphatic heterocycles. The van der Waals surface area contributed by atoms with E-state index in [0.29, 0.717) is 17.4 Å². The Bertz CT molecular complexity index is 404. The van der Waals surface area contributed by atoms with Crippen molar-refractivity contribution in [2.24, 2.45) is 0 Å². The summed E-state index contributed by atoms with van der Waals surface area (Å²) >= 11 is 0. The zero-order chi connectivity index (χ0) is 10.4. The predicted octanol–water partition coefficient (Wildman–Crippen LogP) is 2.10. The smallest absolute Gasteiger partial charge is 0.142 e. The number of halogens is 1. The molecule has 0 aromatic heterocycles. The van der Waals surface area contributed by atoms with Gasteiger partial charge in [0, 0.05) is 0 Å². The lowest BCUT2D eigenvalue weighted by Crippen LogP contribution is -1.88. The lowest BCUT2D eigenvalue weighted by molar-refractivity contribution is -0.104. The molecule has 2 nitrogen and oxygen atoms in total. The standard InChI is InChI=1S/C11H8FNO/c12-11-4-3-9(5-6-13)10(8-11)2-1-7-14/h1-4,7-8H,5H2. The molecule has 1 aromatic rings. The molecule has 0 fully saturated rings. The molecule has 0 aliphatic rings. The fourth-order valence-corrected chi connectivity index (χ4v) is 1.11. The molecule has 0 radical (unpaired) electrons. The second kappa shape index (κ2) is 4.93. The number of hydrogen-bond acceptors (Lipinski definition) is 2. The van der Waals surface area contributed by atoms with Gasteiger partial charge in [-0.3, -0.25) is 4.79 Å². The molecule has 1 rings (SSSR count). The summed E-state index contributed by atoms with van der Waals surface area (Å²) in [5.74, 6) is -0.378. The first-order chi connectivity index (χ1) is 6.77. The Balaban J connectivity index is 3.09. The van der Waals surface area contributed by atoms with Crippen LogP contribution in [-0.4, -0.2) is 6.29 Å². The van der Waals surface area contributed by atoms with Gasteiger partial charge in [-0.2, -0.15) is 5.26 Å². The number of carbonyl (C=O) groups is 1. The molecule has 0 atom stereocenters. The number of rotatable bonds is 3. The van der Waals surface area contributed by atoms with Crippen LogP contribution in [0.1, 0.15) is 11.1 Å². The summed E-state index contributed by atoms with van der Waals surface area (Å²) in [5, 5.41) is 8.50. The molecule has 0 bridgehead atoms. The van der Waals surface area contributed by atoms with Gasteiger partial charge in [0.25, 0.3) is 0 Å². The van der Waals surface area contributed by atoms with Crippen LogP contribution >= 0.6 is 0 Å². The highest BCUT2D eigenvalue weighted by atomic mass is 19.1. The van der Waals surface area contributed by atoms with Gasteiger partial charge in [0.15, 0.2) is 0 Å². The third kappa shape index (κ3) is 2.53. The predicted molar refractivity (Wildman–Crippen MR) is 50.8 cm³/mol. The molecule has 0 aliphatic carbocycles. The maximum atomic E-state index is 12.8. The maximum Gasteiger partial charge on any atom is 0.142 e. The monoisotopic (exact) mass is 189 g/mol. The largest absolute Gasteiger partial charge is 0.299 e. The van der Waals surface area contributed by atoms with Gasteiger partial charge >= 0.3 is 0 Å². The van der Waals surface area contributed by atoms with Gasteiger partial charge in [0.05, 0.1) is 12.5 Å². The van der Waals surface area contributed by atoms with Crippen molar-refractivity contribution in [1.29, 1.82) is 5.26 Å². The lowest BCUT2D eigenvalue weighted by atomic mass is 10.0. The number of nitriles is 1. The van der Waals surface area contributed by atoms with Crippen LogP contribution in [0.15, 0.2) is 24.3 Å². The lowest BCUT2D eigenvalue weighted by Gasteiger charge is -2.00. The van der Waals surface area contributed by atoms with E-state index in [4.69, 9.17) is 5.26 Å². The van der Waals surface area contributed by atoms with Gasteiger partial charge in [-0.1, -0.05) is 12.1 Å². The van der Waals surface area contributed by atoms with E-state index in [1.54, 1.807) is 6.07 Å². The van der Waals surface area contributed by atoms with Crippen molar-refractivity contribution in [2.45, 2.75) is 6.42 Å². The average Bonchev–Trinajstić information content (AvgIpc) is 2.18. The van der Waals surface area contributed by atoms with Crippen LogP contribution in [0.4, 0.5) is 4.39 Å². The maximum absolute atomic E-state index is 12.8. The number of allylic oxidation sites excluding steroid dienone is 1. The molecule has 0 N–H and O–H groups in total. The number of carbonyl (C=O) groups excluding carboxylic acids is 1. The van der Waals surface area contributed by atoms with Gasteiger partial charge < -0.3 is 0 Å². The average molecular weight is 189 g/mol. The molecule has 14 heavy (non-hydrogen) atoms. The van der Waals surface area contributed by atoms with Gasteiger partial charge in [-0.25, -0.2) is 4.39 Å². The van der Waals surface area contributed by atoms with Crippen molar-refractivity contribution in [3.8, 4) is 6.07 Å². The molecule has 1 aromatic carbocycles. The normalized spacial score (nSPS) is 10.0. The molecule has 70 valence electrons. The van der Waals surface area contributed by atoms with Crippen molar-refractivity contribution >= 4 is 12.4 Å². The van der Waals surface area contributed by atoms with Crippen LogP contribution in [-0.2, 0) is 11.2 Å². The highest BCUT2D eigenvalue weighted by Gasteiger charge is 2.00. The molecular weight excluding hydrogens is 181 g/mol. The second-order valence-corrected chi connectivity index (χ2v) is 2.67. The molecular formula is C11H8FNO. The Hall–Kier alpha value is -1.95. The van der Waals surface area contributed by atoms with Crippen molar-refractivity contribution in [3.05, 3.63) is 41.2 Å². The first-order valence-electron chi connectivity index (χ1n) is 4.05. The van der Waals surface area contributed by atoms with Crippen LogP contribution in [0.3, 0.4) is 0 Å². The van der Waals surface area contributed by atoms with Crippen LogP contribution in [0.5, 0.6) is 0 Å². The van der Waals surface area contributed by atoms with Crippen LogP contribution in [0.25, 0.3) is 6.08 Å². The molecule has 3 heteroatoms. The van der Waals surface area contributed by atoms with Gasteiger partial charge in [0.1, 0.15) is 12.1 Å². The molecule has 0 heterocycles. The number of benzene rings is 1. The minimum absolute atomic E-state index is 0.207. The molecule has 0 spiro atoms. The molecule has 0 unspecified atom stereocenters. The summed E-state index contributed by atoms with van der Waals surface area (Å²) in [6.07, 6.45) is 3.58. The van der Waals surface area contributed by atoms with Crippen LogP contribution < -0.4 is 0 Å². The van der Waals surface area contributed by atoms with Crippen LogP contribution in [0.2, 0.25) is 0 Å². The van der Waals surface area contributed by atoms with Gasteiger partial charge in [0.2, 0.25) is 0 Å². The molecule has 0 amide bonds. The van der Waals surface area contributed by atoms with E-state index < -0.39 is 0 Å². The fraction of sp³-hybridized carbons (Fsp3) is 0.0909. The van der Waals surface area contributed by atoms with Gasteiger partial charge in [-0.15, -0.1) is 0 Å². The van der Waals surface area contributed by atoms with Crippen molar-refractivity contribution in [3.63, 3.8) is 0 Å². The Morgan fingerprint density at radius 3 is 2.93 bits per heavy atom. The first-order valence-corrected chi connectivity index (χ1v) is 4.05. The summed E-state index contributed by atoms with van der Waals surface area (Å²) in [6, 6.07) is 6.12. The highest BCUT2D eigenvalue weighted by molar-refractivity contribution is 5.74. The van der Waals surface area contributed by atoms with Crippen molar-refractivity contribution < 1.29 is 9.18 Å². The quantitative estimate of drug-likeness (QED) is 0.539. The van der Waals surface area contributed by atoms with Gasteiger partial charge in [-0.05, 0) is 29.3 Å². The van der Waals surface area contributed by atoms with Crippen LogP contribution in [0, 0.1) is 17.1 Å². The zero-order valence-electron chi connectivity index (χ0n) is 7.40. The number of hydrogen-bond donors (Lipinski definition) is 0. The minimum Gasteiger partial charge on any atom is -0.299 e. The van der Waals surface area contributed by atoms with Crippen molar-refractivity contribution in [2.75, 3.05) is 0 Å². The van der Waals surface area contributed by atoms with Crippen molar-refractivity contribution in [1.82, 2.24) is 0 Å². The Morgan fingerprint density at radius 2 is 2.29 bits per heavy atom. The number of nitrogens with zero attached hydrogens (tertiary/aromatic N) is 1. The van der Waals surface area contributed by atoms with E-state index in [-0.39, 0.29) is 12.2 Å². The topological polar surface area (TPSA) is 40.9 Å². The van der Waals surface area contributed by atoms with E-state index in [9.17, 15) is 9.18 Å². The first kappa shape index (κ1) is 10.1. The molecule has 0 saturated heterocycles. The van der Waals surface area contributed by atoms with E-state index in [1.165, 1.54) is 24.3 Å². The van der Waals surface area contributed by atoms with E-state index in [0.717, 1.165) is 0 Å². The Morgan fingerprint density at radius 1 is 1.50 bits per heavy atom. The number of aldehydes is 1. The zero-order valence-corrected chi connectivity index (χ0v) is 7.40. The highest BCUT2D eigenvalue weighted by Crippen LogP contribution is 2.13. The summed E-state index contributed by atoms with van der Waals surface area (Å²) in [6.45, 7) is 0. The minimum atomic E-state index is -0.378. The molecule has 0 saturated carbocycles. The Labute approximate surface area is 81.3 Å². The fourth-order valence-electron chi connectivity index (χ4n) is 1.11. The Kier molecular flexibility index (Phi) is 3.57. The summed E-state index contributed by atoms with van der Waals surface area (Å²) in [7, 11) is 0.